The molecule has 0 bridgehead atoms. The van der Waals surface area contributed by atoms with Crippen LogP contribution in [0.4, 0.5) is 0 Å². The van der Waals surface area contributed by atoms with E-state index in [1.54, 1.807) is 0 Å². The number of hydrogen-bond donors (Lipinski definition) is 6. The van der Waals surface area contributed by atoms with Crippen molar-refractivity contribution >= 4 is 0 Å². The molecule has 0 spiro atoms. The monoisotopic (exact) mass is 251 g/mol. The molecule has 103 valence electrons. The Bertz CT molecular complexity index is 189. The minimum Gasteiger partial charge on any atom is -0.394 e. The van der Waals surface area contributed by atoms with Gasteiger partial charge in [-0.2, -0.15) is 0 Å². The summed E-state index contributed by atoms with van der Waals surface area (Å²) in [6.07, 6.45) is -5.26. The third-order valence-electron chi connectivity index (χ3n) is 2.68. The zero-order valence-corrected chi connectivity index (χ0v) is 9.81. The van der Waals surface area contributed by atoms with Gasteiger partial charge < -0.3 is 30.6 Å². The first-order chi connectivity index (χ1) is 7.95. The lowest BCUT2D eigenvalue weighted by atomic mass is 9.96. The van der Waals surface area contributed by atoms with E-state index in [-0.39, 0.29) is 6.42 Å². The van der Waals surface area contributed by atoms with Gasteiger partial charge in [0.05, 0.1) is 12.7 Å². The fraction of sp³-hybridized carbons (Fsp3) is 0.909. The van der Waals surface area contributed by atoms with E-state index in [0.29, 0.717) is 6.42 Å². The molecule has 0 saturated carbocycles. The van der Waals surface area contributed by atoms with Gasteiger partial charge in [0.2, 0.25) is 0 Å². The first-order valence-electron chi connectivity index (χ1n) is 5.76. The Morgan fingerprint density at radius 2 is 1.29 bits per heavy atom. The summed E-state index contributed by atoms with van der Waals surface area (Å²) in [5.74, 6) is 0. The van der Waals surface area contributed by atoms with Gasteiger partial charge in [0.1, 0.15) is 24.4 Å². The molecule has 1 unspecified atom stereocenters. The van der Waals surface area contributed by atoms with E-state index in [1.165, 1.54) is 0 Å². The zero-order valence-electron chi connectivity index (χ0n) is 9.81. The Balaban J connectivity index is 4.13. The third-order valence-corrected chi connectivity index (χ3v) is 2.68. The summed E-state index contributed by atoms with van der Waals surface area (Å²) in [6, 6.07) is 0. The molecule has 0 saturated heterocycles. The third kappa shape index (κ3) is 5.76. The molecule has 17 heavy (non-hydrogen) atoms. The summed E-state index contributed by atoms with van der Waals surface area (Å²) in [6.45, 7) is 2.90. The van der Waals surface area contributed by atoms with Gasteiger partial charge in [0, 0.05) is 0 Å². The zero-order chi connectivity index (χ0) is 13.4. The van der Waals surface area contributed by atoms with Crippen LogP contribution in [-0.2, 0) is 0 Å². The van der Waals surface area contributed by atoms with Crippen molar-refractivity contribution in [3.63, 3.8) is 0 Å². The van der Waals surface area contributed by atoms with Crippen LogP contribution in [0.3, 0.4) is 0 Å². The summed E-state index contributed by atoms with van der Waals surface area (Å²) >= 11 is 0. The quantitative estimate of drug-likeness (QED) is 0.268. The van der Waals surface area contributed by atoms with Crippen LogP contribution < -0.4 is 0 Å². The molecular formula is C11H23O6. The number of hydrogen-bond acceptors (Lipinski definition) is 6. The second-order valence-electron chi connectivity index (χ2n) is 4.14. The lowest BCUT2D eigenvalue weighted by Gasteiger charge is -2.28. The average molecular weight is 251 g/mol. The van der Waals surface area contributed by atoms with Gasteiger partial charge in [-0.15, -0.1) is 0 Å². The highest BCUT2D eigenvalue weighted by Crippen LogP contribution is 2.13. The molecule has 0 fully saturated rings. The van der Waals surface area contributed by atoms with E-state index < -0.39 is 37.1 Å². The van der Waals surface area contributed by atoms with Gasteiger partial charge in [-0.25, -0.2) is 0 Å². The Labute approximate surface area is 101 Å². The smallest absolute Gasteiger partial charge is 0.111 e. The van der Waals surface area contributed by atoms with Crippen LogP contribution in [0.2, 0.25) is 0 Å². The maximum absolute atomic E-state index is 9.53. The molecule has 0 amide bonds. The summed E-state index contributed by atoms with van der Waals surface area (Å²) in [5.41, 5.74) is 0. The Kier molecular flexibility index (Phi) is 8.67. The predicted molar refractivity (Wildman–Crippen MR) is 60.9 cm³/mol. The first kappa shape index (κ1) is 16.8. The topological polar surface area (TPSA) is 121 Å². The molecule has 6 N–H and O–H groups in total. The predicted octanol–water partition coefficient (Wildman–Crippen LogP) is -1.82. The summed E-state index contributed by atoms with van der Waals surface area (Å²) in [5, 5.41) is 55.5. The molecule has 0 rings (SSSR count). The SMILES string of the molecule is [CH2]CCCCC(O)[C@@H](O)[C@@H](O)[C@H](O)[C@H](O)CO. The first-order valence-corrected chi connectivity index (χ1v) is 5.76. The molecule has 6 heteroatoms. The van der Waals surface area contributed by atoms with Crippen molar-refractivity contribution in [3.05, 3.63) is 6.92 Å². The van der Waals surface area contributed by atoms with Gasteiger partial charge in [0.15, 0.2) is 0 Å². The van der Waals surface area contributed by atoms with Crippen LogP contribution in [0.1, 0.15) is 25.7 Å². The fourth-order valence-corrected chi connectivity index (χ4v) is 1.47. The number of unbranched alkanes of at least 4 members (excludes halogenated alkanes) is 2. The summed E-state index contributed by atoms with van der Waals surface area (Å²) in [7, 11) is 0. The van der Waals surface area contributed by atoms with Crippen LogP contribution in [0.25, 0.3) is 0 Å². The van der Waals surface area contributed by atoms with Crippen molar-refractivity contribution in [2.45, 2.75) is 56.2 Å². The maximum atomic E-state index is 9.53. The summed E-state index contributed by atoms with van der Waals surface area (Å²) < 4.78 is 0. The molecule has 0 aliphatic rings. The van der Waals surface area contributed by atoms with Crippen molar-refractivity contribution in [1.82, 2.24) is 0 Å². The Hall–Kier alpha value is -0.240. The normalized spacial score (nSPS) is 20.6. The highest BCUT2D eigenvalue weighted by Gasteiger charge is 2.33. The number of aliphatic hydroxyl groups is 6. The van der Waals surface area contributed by atoms with Crippen LogP contribution in [0, 0.1) is 6.92 Å². The average Bonchev–Trinajstić information content (AvgIpc) is 2.35. The molecule has 1 radical (unpaired) electrons. The fourth-order valence-electron chi connectivity index (χ4n) is 1.47. The lowest BCUT2D eigenvalue weighted by molar-refractivity contribution is -0.141. The molecule has 0 aromatic carbocycles. The van der Waals surface area contributed by atoms with Crippen LogP contribution >= 0.6 is 0 Å². The van der Waals surface area contributed by atoms with E-state index in [1.807, 2.05) is 0 Å². The van der Waals surface area contributed by atoms with E-state index in [2.05, 4.69) is 6.92 Å². The van der Waals surface area contributed by atoms with E-state index in [4.69, 9.17) is 10.2 Å². The van der Waals surface area contributed by atoms with Crippen molar-refractivity contribution < 1.29 is 30.6 Å². The minimum atomic E-state index is -1.70. The molecule has 0 aromatic rings. The van der Waals surface area contributed by atoms with Crippen LogP contribution in [0.5, 0.6) is 0 Å². The van der Waals surface area contributed by atoms with E-state index >= 15 is 0 Å². The minimum absolute atomic E-state index is 0.273. The van der Waals surface area contributed by atoms with Crippen LogP contribution in [-0.4, -0.2) is 67.8 Å². The molecule has 0 aliphatic heterocycles. The van der Waals surface area contributed by atoms with Gasteiger partial charge in [0.25, 0.3) is 0 Å². The molecule has 0 aliphatic carbocycles. The Morgan fingerprint density at radius 3 is 1.76 bits per heavy atom. The van der Waals surface area contributed by atoms with E-state index in [0.717, 1.165) is 12.8 Å². The second kappa shape index (κ2) is 8.79. The molecule has 0 heterocycles. The van der Waals surface area contributed by atoms with Crippen molar-refractivity contribution in [1.29, 1.82) is 0 Å². The van der Waals surface area contributed by atoms with E-state index in [9.17, 15) is 20.4 Å². The van der Waals surface area contributed by atoms with Gasteiger partial charge in [-0.3, -0.25) is 0 Å². The second-order valence-corrected chi connectivity index (χ2v) is 4.14. The number of rotatable bonds is 9. The number of aliphatic hydroxyl groups excluding tert-OH is 6. The molecule has 5 atom stereocenters. The Morgan fingerprint density at radius 1 is 0.765 bits per heavy atom. The molecule has 0 aromatic heterocycles. The van der Waals surface area contributed by atoms with Crippen LogP contribution in [0.15, 0.2) is 0 Å². The standard InChI is InChI=1S/C11H23O6/c1-2-3-4-5-7(13)9(15)11(17)10(16)8(14)6-12/h7-17H,1-6H2/t7?,8-,9-,10-,11-/m1/s1. The molecular weight excluding hydrogens is 228 g/mol. The highest BCUT2D eigenvalue weighted by atomic mass is 16.4. The van der Waals surface area contributed by atoms with Crippen molar-refractivity contribution in [2.24, 2.45) is 0 Å². The lowest BCUT2D eigenvalue weighted by Crippen LogP contribution is -2.49. The van der Waals surface area contributed by atoms with Gasteiger partial charge in [-0.05, 0) is 6.42 Å². The highest BCUT2D eigenvalue weighted by molar-refractivity contribution is 4.84. The molecule has 6 nitrogen and oxygen atoms in total. The largest absolute Gasteiger partial charge is 0.394 e. The maximum Gasteiger partial charge on any atom is 0.111 e. The van der Waals surface area contributed by atoms with Crippen molar-refractivity contribution in [2.75, 3.05) is 6.61 Å². The van der Waals surface area contributed by atoms with Crippen molar-refractivity contribution in [3.8, 4) is 0 Å². The van der Waals surface area contributed by atoms with Gasteiger partial charge in [-0.1, -0.05) is 26.2 Å². The summed E-state index contributed by atoms with van der Waals surface area (Å²) in [4.78, 5) is 0. The van der Waals surface area contributed by atoms with Gasteiger partial charge >= 0.3 is 0 Å².